The summed E-state index contributed by atoms with van der Waals surface area (Å²) in [6, 6.07) is 23.2. The van der Waals surface area contributed by atoms with Crippen LogP contribution in [0.5, 0.6) is 5.75 Å². The average Bonchev–Trinajstić information content (AvgIpc) is 2.78. The van der Waals surface area contributed by atoms with Gasteiger partial charge in [-0.05, 0) is 42.2 Å². The van der Waals surface area contributed by atoms with Gasteiger partial charge in [0.2, 0.25) is 0 Å². The number of nitrogens with zero attached hydrogens (tertiary/aromatic N) is 2. The second kappa shape index (κ2) is 9.39. The molecule has 4 rings (SSSR count). The summed E-state index contributed by atoms with van der Waals surface area (Å²) in [7, 11) is 0. The standard InChI is InChI=1S/C26H24N2O3/c1-19-9-7-13-22-25(19)27-18-28(26(22)30)16-8-15-24(29)31-23-14-6-5-12-21(23)17-20-10-3-2-4-11-20/h2-7,9-14,18H,8,15-17H2,1H3. The molecule has 5 nitrogen and oxygen atoms in total. The van der Waals surface area contributed by atoms with Gasteiger partial charge in [0.1, 0.15) is 5.75 Å². The predicted molar refractivity (Wildman–Crippen MR) is 121 cm³/mol. The number of carbonyl (C=O) groups is 1. The summed E-state index contributed by atoms with van der Waals surface area (Å²) in [6.07, 6.45) is 2.97. The van der Waals surface area contributed by atoms with E-state index in [4.69, 9.17) is 4.74 Å². The number of fused-ring (bicyclic) bond motifs is 1. The van der Waals surface area contributed by atoms with Crippen LogP contribution in [0.3, 0.4) is 0 Å². The van der Waals surface area contributed by atoms with Gasteiger partial charge in [-0.1, -0.05) is 60.7 Å². The summed E-state index contributed by atoms with van der Waals surface area (Å²) in [6.45, 7) is 2.35. The van der Waals surface area contributed by atoms with E-state index in [0.717, 1.165) is 22.2 Å². The van der Waals surface area contributed by atoms with Gasteiger partial charge in [-0.15, -0.1) is 0 Å². The van der Waals surface area contributed by atoms with Gasteiger partial charge in [0, 0.05) is 19.4 Å². The lowest BCUT2D eigenvalue weighted by Crippen LogP contribution is -2.21. The molecule has 5 heteroatoms. The minimum atomic E-state index is -0.307. The largest absolute Gasteiger partial charge is 0.426 e. The second-order valence-corrected chi connectivity index (χ2v) is 7.56. The third-order valence-corrected chi connectivity index (χ3v) is 5.27. The van der Waals surface area contributed by atoms with Crippen LogP contribution >= 0.6 is 0 Å². The van der Waals surface area contributed by atoms with Crippen molar-refractivity contribution in [2.45, 2.75) is 32.7 Å². The molecule has 3 aromatic carbocycles. The molecule has 0 spiro atoms. The summed E-state index contributed by atoms with van der Waals surface area (Å²) in [5.74, 6) is 0.273. The van der Waals surface area contributed by atoms with Crippen LogP contribution in [0, 0.1) is 6.92 Å². The highest BCUT2D eigenvalue weighted by Gasteiger charge is 2.11. The minimum Gasteiger partial charge on any atom is -0.426 e. The molecule has 156 valence electrons. The Kier molecular flexibility index (Phi) is 6.22. The number of aryl methyl sites for hydroxylation is 2. The average molecular weight is 412 g/mol. The molecule has 0 fully saturated rings. The van der Waals surface area contributed by atoms with Crippen LogP contribution in [0.2, 0.25) is 0 Å². The van der Waals surface area contributed by atoms with E-state index < -0.39 is 0 Å². The molecule has 0 aliphatic rings. The number of hydrogen-bond acceptors (Lipinski definition) is 4. The fraction of sp³-hybridized carbons (Fsp3) is 0.192. The number of rotatable bonds is 7. The number of para-hydroxylation sites is 2. The highest BCUT2D eigenvalue weighted by atomic mass is 16.5. The van der Waals surface area contributed by atoms with Crippen LogP contribution in [-0.2, 0) is 17.8 Å². The van der Waals surface area contributed by atoms with E-state index in [1.165, 1.54) is 0 Å². The monoisotopic (exact) mass is 412 g/mol. The molecule has 0 unspecified atom stereocenters. The summed E-state index contributed by atoms with van der Waals surface area (Å²) in [5, 5.41) is 0.597. The fourth-order valence-electron chi connectivity index (χ4n) is 3.63. The van der Waals surface area contributed by atoms with Crippen molar-refractivity contribution in [3.05, 3.63) is 106 Å². The van der Waals surface area contributed by atoms with Crippen molar-refractivity contribution in [1.82, 2.24) is 9.55 Å². The molecule has 0 N–H and O–H groups in total. The smallest absolute Gasteiger partial charge is 0.311 e. The first-order valence-electron chi connectivity index (χ1n) is 10.4. The first-order chi connectivity index (χ1) is 15.1. The maximum absolute atomic E-state index is 12.7. The molecule has 0 aliphatic heterocycles. The van der Waals surface area contributed by atoms with Gasteiger partial charge in [0.15, 0.2) is 0 Å². The number of aromatic nitrogens is 2. The van der Waals surface area contributed by atoms with Crippen molar-refractivity contribution in [3.8, 4) is 5.75 Å². The fourth-order valence-corrected chi connectivity index (χ4v) is 3.63. The van der Waals surface area contributed by atoms with Gasteiger partial charge in [-0.3, -0.25) is 14.2 Å². The third kappa shape index (κ3) is 4.89. The van der Waals surface area contributed by atoms with E-state index in [1.807, 2.05) is 61.5 Å². The maximum Gasteiger partial charge on any atom is 0.311 e. The Morgan fingerprint density at radius 3 is 2.58 bits per heavy atom. The minimum absolute atomic E-state index is 0.0877. The van der Waals surface area contributed by atoms with Crippen LogP contribution in [-0.4, -0.2) is 15.5 Å². The molecule has 0 saturated carbocycles. The summed E-state index contributed by atoms with van der Waals surface area (Å²) < 4.78 is 7.18. The van der Waals surface area contributed by atoms with Gasteiger partial charge < -0.3 is 4.74 Å². The molecule has 1 aromatic heterocycles. The van der Waals surface area contributed by atoms with E-state index in [0.29, 0.717) is 30.5 Å². The van der Waals surface area contributed by atoms with Gasteiger partial charge in [-0.2, -0.15) is 0 Å². The lowest BCUT2D eigenvalue weighted by Gasteiger charge is -2.11. The van der Waals surface area contributed by atoms with Crippen molar-refractivity contribution in [3.63, 3.8) is 0 Å². The molecule has 0 bridgehead atoms. The Morgan fingerprint density at radius 2 is 1.74 bits per heavy atom. The van der Waals surface area contributed by atoms with Gasteiger partial charge in [0.05, 0.1) is 17.2 Å². The quantitative estimate of drug-likeness (QED) is 0.327. The maximum atomic E-state index is 12.7. The first kappa shape index (κ1) is 20.5. The predicted octanol–water partition coefficient (Wildman–Crippen LogP) is 4.68. The van der Waals surface area contributed by atoms with Crippen molar-refractivity contribution in [2.24, 2.45) is 0 Å². The van der Waals surface area contributed by atoms with E-state index in [2.05, 4.69) is 17.1 Å². The zero-order chi connectivity index (χ0) is 21.6. The lowest BCUT2D eigenvalue weighted by atomic mass is 10.0. The van der Waals surface area contributed by atoms with E-state index in [9.17, 15) is 9.59 Å². The zero-order valence-corrected chi connectivity index (χ0v) is 17.5. The summed E-state index contributed by atoms with van der Waals surface area (Å²) >= 11 is 0. The van der Waals surface area contributed by atoms with Crippen LogP contribution in [0.15, 0.2) is 83.9 Å². The molecule has 0 saturated heterocycles. The molecule has 0 atom stereocenters. The number of carbonyl (C=O) groups excluding carboxylic acids is 1. The molecule has 0 amide bonds. The summed E-state index contributed by atoms with van der Waals surface area (Å²) in [4.78, 5) is 29.5. The Balaban J connectivity index is 1.38. The molecule has 31 heavy (non-hydrogen) atoms. The van der Waals surface area contributed by atoms with Crippen LogP contribution < -0.4 is 10.3 Å². The van der Waals surface area contributed by atoms with Crippen molar-refractivity contribution >= 4 is 16.9 Å². The van der Waals surface area contributed by atoms with Crippen molar-refractivity contribution < 1.29 is 9.53 Å². The van der Waals surface area contributed by atoms with Gasteiger partial charge in [0.25, 0.3) is 5.56 Å². The topological polar surface area (TPSA) is 61.2 Å². The summed E-state index contributed by atoms with van der Waals surface area (Å²) in [5.41, 5.74) is 3.73. The first-order valence-corrected chi connectivity index (χ1v) is 10.4. The molecular formula is C26H24N2O3. The molecular weight excluding hydrogens is 388 g/mol. The SMILES string of the molecule is Cc1cccc2c(=O)n(CCCC(=O)Oc3ccccc3Cc3ccccc3)cnc12. The Labute approximate surface area is 181 Å². The van der Waals surface area contributed by atoms with Crippen LogP contribution in [0.25, 0.3) is 10.9 Å². The molecule has 0 aliphatic carbocycles. The van der Waals surface area contributed by atoms with E-state index in [1.54, 1.807) is 17.0 Å². The highest BCUT2D eigenvalue weighted by Crippen LogP contribution is 2.22. The van der Waals surface area contributed by atoms with Gasteiger partial charge >= 0.3 is 5.97 Å². The Bertz CT molecular complexity index is 1260. The molecule has 4 aromatic rings. The Hall–Kier alpha value is -3.73. The third-order valence-electron chi connectivity index (χ3n) is 5.27. The van der Waals surface area contributed by atoms with Crippen molar-refractivity contribution in [1.29, 1.82) is 0 Å². The lowest BCUT2D eigenvalue weighted by molar-refractivity contribution is -0.134. The highest BCUT2D eigenvalue weighted by molar-refractivity contribution is 5.80. The number of hydrogen-bond donors (Lipinski definition) is 0. The molecule has 1 heterocycles. The van der Waals surface area contributed by atoms with Gasteiger partial charge in [-0.25, -0.2) is 4.98 Å². The van der Waals surface area contributed by atoms with Crippen molar-refractivity contribution in [2.75, 3.05) is 0 Å². The van der Waals surface area contributed by atoms with E-state index >= 15 is 0 Å². The number of esters is 1. The van der Waals surface area contributed by atoms with E-state index in [-0.39, 0.29) is 17.9 Å². The zero-order valence-electron chi connectivity index (χ0n) is 17.5. The van der Waals surface area contributed by atoms with Crippen LogP contribution in [0.4, 0.5) is 0 Å². The second-order valence-electron chi connectivity index (χ2n) is 7.56. The number of benzene rings is 3. The van der Waals surface area contributed by atoms with Crippen LogP contribution in [0.1, 0.15) is 29.5 Å². The normalized spacial score (nSPS) is 10.9. The number of ether oxygens (including phenoxy) is 1. The molecule has 0 radical (unpaired) electrons. The Morgan fingerprint density at radius 1 is 0.968 bits per heavy atom.